The first-order valence-corrected chi connectivity index (χ1v) is 10.6. The van der Waals surface area contributed by atoms with Crippen molar-refractivity contribution in [3.63, 3.8) is 0 Å². The lowest BCUT2D eigenvalue weighted by atomic mass is 10.1. The number of piperazine rings is 1. The highest BCUT2D eigenvalue weighted by atomic mass is 16.7. The van der Waals surface area contributed by atoms with Crippen molar-refractivity contribution in [2.24, 2.45) is 0 Å². The summed E-state index contributed by atoms with van der Waals surface area (Å²) in [6.45, 7) is 3.97. The summed E-state index contributed by atoms with van der Waals surface area (Å²) in [7, 11) is 1.60. The topological polar surface area (TPSA) is 89.6 Å². The third kappa shape index (κ3) is 5.42. The van der Waals surface area contributed by atoms with Gasteiger partial charge in [-0.15, -0.1) is 0 Å². The molecule has 0 spiro atoms. The van der Waals surface area contributed by atoms with Crippen LogP contribution in [-0.2, 0) is 16.1 Å². The fourth-order valence-corrected chi connectivity index (χ4v) is 3.63. The number of rotatable bonds is 7. The molecule has 0 saturated carbocycles. The SMILES string of the molecule is COc1ccc(OCCNC(=O)C(=O)N2CCN(Cc3ccc4c(c3)OCO4)CC2)cc1. The Labute approximate surface area is 186 Å². The summed E-state index contributed by atoms with van der Waals surface area (Å²) >= 11 is 0. The van der Waals surface area contributed by atoms with E-state index in [1.54, 1.807) is 36.3 Å². The summed E-state index contributed by atoms with van der Waals surface area (Å²) in [6.07, 6.45) is 0. The van der Waals surface area contributed by atoms with Gasteiger partial charge < -0.3 is 29.2 Å². The summed E-state index contributed by atoms with van der Waals surface area (Å²) in [5.74, 6) is 1.84. The van der Waals surface area contributed by atoms with Gasteiger partial charge in [-0.1, -0.05) is 6.07 Å². The van der Waals surface area contributed by atoms with Gasteiger partial charge in [-0.2, -0.15) is 0 Å². The molecule has 32 heavy (non-hydrogen) atoms. The number of carbonyl (C=O) groups is 2. The number of nitrogens with zero attached hydrogens (tertiary/aromatic N) is 2. The minimum Gasteiger partial charge on any atom is -0.497 e. The van der Waals surface area contributed by atoms with Crippen LogP contribution in [0, 0.1) is 0 Å². The molecular weight excluding hydrogens is 414 g/mol. The van der Waals surface area contributed by atoms with Gasteiger partial charge in [0.25, 0.3) is 0 Å². The zero-order valence-corrected chi connectivity index (χ0v) is 18.0. The maximum absolute atomic E-state index is 12.4. The van der Waals surface area contributed by atoms with E-state index in [1.165, 1.54) is 0 Å². The monoisotopic (exact) mass is 441 g/mol. The lowest BCUT2D eigenvalue weighted by molar-refractivity contribution is -0.147. The van der Waals surface area contributed by atoms with Gasteiger partial charge in [0.2, 0.25) is 6.79 Å². The smallest absolute Gasteiger partial charge is 0.311 e. The summed E-state index contributed by atoms with van der Waals surface area (Å²) in [6, 6.07) is 13.1. The standard InChI is InChI=1S/C23H27N3O6/c1-29-18-3-5-19(6-4-18)30-13-8-24-22(27)23(28)26-11-9-25(10-12-26)15-17-2-7-20-21(14-17)32-16-31-20/h2-7,14H,8-13,15-16H2,1H3,(H,24,27). The van der Waals surface area contributed by atoms with Gasteiger partial charge in [-0.05, 0) is 42.0 Å². The number of hydrogen-bond donors (Lipinski definition) is 1. The highest BCUT2D eigenvalue weighted by Crippen LogP contribution is 2.32. The molecule has 9 heteroatoms. The number of fused-ring (bicyclic) bond motifs is 1. The van der Waals surface area contributed by atoms with Crippen LogP contribution in [-0.4, -0.2) is 74.8 Å². The van der Waals surface area contributed by atoms with Crippen molar-refractivity contribution in [2.75, 3.05) is 53.2 Å². The lowest BCUT2D eigenvalue weighted by Crippen LogP contribution is -2.52. The molecule has 2 amide bonds. The Hall–Kier alpha value is -3.46. The van der Waals surface area contributed by atoms with E-state index in [9.17, 15) is 9.59 Å². The highest BCUT2D eigenvalue weighted by molar-refractivity contribution is 6.35. The van der Waals surface area contributed by atoms with Gasteiger partial charge in [0.15, 0.2) is 11.5 Å². The third-order valence-corrected chi connectivity index (χ3v) is 5.41. The van der Waals surface area contributed by atoms with E-state index in [1.807, 2.05) is 18.2 Å². The lowest BCUT2D eigenvalue weighted by Gasteiger charge is -2.34. The van der Waals surface area contributed by atoms with Crippen LogP contribution in [0.5, 0.6) is 23.0 Å². The third-order valence-electron chi connectivity index (χ3n) is 5.41. The van der Waals surface area contributed by atoms with E-state index < -0.39 is 11.8 Å². The maximum atomic E-state index is 12.4. The van der Waals surface area contributed by atoms with Crippen molar-refractivity contribution in [2.45, 2.75) is 6.54 Å². The number of nitrogens with one attached hydrogen (secondary N) is 1. The number of benzene rings is 2. The quantitative estimate of drug-likeness (QED) is 0.511. The molecule has 4 rings (SSSR count). The minimum atomic E-state index is -0.604. The molecule has 1 fully saturated rings. The van der Waals surface area contributed by atoms with Gasteiger partial charge in [0.05, 0.1) is 13.7 Å². The van der Waals surface area contributed by atoms with Gasteiger partial charge >= 0.3 is 11.8 Å². The molecule has 0 unspecified atom stereocenters. The molecule has 0 atom stereocenters. The van der Waals surface area contributed by atoms with E-state index in [0.29, 0.717) is 31.9 Å². The van der Waals surface area contributed by atoms with Crippen LogP contribution in [0.15, 0.2) is 42.5 Å². The summed E-state index contributed by atoms with van der Waals surface area (Å²) in [5.41, 5.74) is 1.13. The van der Waals surface area contributed by atoms with Gasteiger partial charge in [-0.3, -0.25) is 14.5 Å². The van der Waals surface area contributed by atoms with Crippen LogP contribution < -0.4 is 24.3 Å². The van der Waals surface area contributed by atoms with E-state index in [0.717, 1.165) is 29.4 Å². The second-order valence-corrected chi connectivity index (χ2v) is 7.54. The molecule has 2 aliphatic rings. The molecule has 1 saturated heterocycles. The fraction of sp³-hybridized carbons (Fsp3) is 0.391. The molecular formula is C23H27N3O6. The Morgan fingerprint density at radius 1 is 0.969 bits per heavy atom. The average molecular weight is 441 g/mol. The Morgan fingerprint density at radius 2 is 1.69 bits per heavy atom. The number of carbonyl (C=O) groups excluding carboxylic acids is 2. The second kappa shape index (κ2) is 10.2. The van der Waals surface area contributed by atoms with Crippen LogP contribution in [0.1, 0.15) is 5.56 Å². The molecule has 2 aromatic carbocycles. The fourth-order valence-electron chi connectivity index (χ4n) is 3.63. The summed E-state index contributed by atoms with van der Waals surface area (Å²) < 4.78 is 21.4. The first-order chi connectivity index (χ1) is 15.6. The van der Waals surface area contributed by atoms with Crippen LogP contribution >= 0.6 is 0 Å². The van der Waals surface area contributed by atoms with Crippen molar-refractivity contribution in [3.05, 3.63) is 48.0 Å². The van der Waals surface area contributed by atoms with E-state index >= 15 is 0 Å². The van der Waals surface area contributed by atoms with Gasteiger partial charge in [0.1, 0.15) is 18.1 Å². The number of methoxy groups -OCH3 is 1. The molecule has 0 aliphatic carbocycles. The zero-order chi connectivity index (χ0) is 22.3. The molecule has 2 aliphatic heterocycles. The molecule has 1 N–H and O–H groups in total. The molecule has 0 bridgehead atoms. The highest BCUT2D eigenvalue weighted by Gasteiger charge is 2.26. The molecule has 9 nitrogen and oxygen atoms in total. The Morgan fingerprint density at radius 3 is 2.44 bits per heavy atom. The van der Waals surface area contributed by atoms with Crippen LogP contribution in [0.3, 0.4) is 0 Å². The van der Waals surface area contributed by atoms with Crippen molar-refractivity contribution < 1.29 is 28.5 Å². The Bertz CT molecular complexity index is 941. The van der Waals surface area contributed by atoms with E-state index in [4.69, 9.17) is 18.9 Å². The maximum Gasteiger partial charge on any atom is 0.311 e. The normalized spacial score (nSPS) is 15.3. The van der Waals surface area contributed by atoms with E-state index in [2.05, 4.69) is 10.2 Å². The van der Waals surface area contributed by atoms with Gasteiger partial charge in [-0.25, -0.2) is 0 Å². The largest absolute Gasteiger partial charge is 0.497 e. The van der Waals surface area contributed by atoms with Crippen LogP contribution in [0.2, 0.25) is 0 Å². The molecule has 0 radical (unpaired) electrons. The minimum absolute atomic E-state index is 0.251. The van der Waals surface area contributed by atoms with Crippen molar-refractivity contribution in [1.29, 1.82) is 0 Å². The number of ether oxygens (including phenoxy) is 4. The Kier molecular flexibility index (Phi) is 6.96. The molecule has 170 valence electrons. The zero-order valence-electron chi connectivity index (χ0n) is 18.0. The van der Waals surface area contributed by atoms with Crippen LogP contribution in [0.25, 0.3) is 0 Å². The van der Waals surface area contributed by atoms with Gasteiger partial charge in [0, 0.05) is 32.7 Å². The van der Waals surface area contributed by atoms with Crippen molar-refractivity contribution in [3.8, 4) is 23.0 Å². The summed E-state index contributed by atoms with van der Waals surface area (Å²) in [4.78, 5) is 28.5. The first kappa shape index (κ1) is 21.8. The first-order valence-electron chi connectivity index (χ1n) is 10.6. The van der Waals surface area contributed by atoms with E-state index in [-0.39, 0.29) is 19.9 Å². The Balaban J connectivity index is 1.15. The predicted octanol–water partition coefficient (Wildman–Crippen LogP) is 1.26. The second-order valence-electron chi connectivity index (χ2n) is 7.54. The number of amides is 2. The number of hydrogen-bond acceptors (Lipinski definition) is 7. The van der Waals surface area contributed by atoms with Crippen molar-refractivity contribution >= 4 is 11.8 Å². The average Bonchev–Trinajstić information content (AvgIpc) is 3.30. The van der Waals surface area contributed by atoms with Crippen molar-refractivity contribution in [1.82, 2.24) is 15.1 Å². The molecule has 2 heterocycles. The molecule has 2 aromatic rings. The summed E-state index contributed by atoms with van der Waals surface area (Å²) in [5, 5.41) is 2.63. The predicted molar refractivity (Wildman–Crippen MR) is 116 cm³/mol. The molecule has 0 aromatic heterocycles. The van der Waals surface area contributed by atoms with Crippen LogP contribution in [0.4, 0.5) is 0 Å².